The summed E-state index contributed by atoms with van der Waals surface area (Å²) < 4.78 is 46.8. The van der Waals surface area contributed by atoms with Gasteiger partial charge in [-0.25, -0.2) is 15.0 Å². The Kier molecular flexibility index (Phi) is 16.3. The van der Waals surface area contributed by atoms with E-state index in [2.05, 4.69) is 45.6 Å². The molecule has 1 fully saturated rings. The first-order chi connectivity index (χ1) is 21.0. The molecule has 0 saturated carbocycles. The summed E-state index contributed by atoms with van der Waals surface area (Å²) in [5.41, 5.74) is 0.981. The lowest BCUT2D eigenvalue weighted by atomic mass is 9.97. The number of hydrogen-bond donors (Lipinski definition) is 0. The molecule has 45 heavy (non-hydrogen) atoms. The number of sulfone groups is 1. The van der Waals surface area contributed by atoms with Gasteiger partial charge in [0, 0.05) is 6.42 Å². The van der Waals surface area contributed by atoms with Gasteiger partial charge in [-0.1, -0.05) is 116 Å². The van der Waals surface area contributed by atoms with Gasteiger partial charge in [0.05, 0.1) is 29.6 Å². The van der Waals surface area contributed by atoms with Gasteiger partial charge in [-0.05, 0) is 63.9 Å². The zero-order valence-electron chi connectivity index (χ0n) is 30.1. The highest BCUT2D eigenvalue weighted by atomic mass is 32.2. The van der Waals surface area contributed by atoms with Crippen molar-refractivity contribution < 1.29 is 22.3 Å². The molecule has 1 aliphatic heterocycles. The summed E-state index contributed by atoms with van der Waals surface area (Å²) in [4.78, 5) is 3.84. The first kappa shape index (κ1) is 39.9. The van der Waals surface area contributed by atoms with Gasteiger partial charge in [0.25, 0.3) is 9.84 Å². The summed E-state index contributed by atoms with van der Waals surface area (Å²) in [5, 5.41) is -1.27. The van der Waals surface area contributed by atoms with Gasteiger partial charge >= 0.3 is 5.37 Å². The van der Waals surface area contributed by atoms with E-state index in [4.69, 9.17) is 20.5 Å². The van der Waals surface area contributed by atoms with E-state index in [1.165, 1.54) is 64.2 Å². The van der Waals surface area contributed by atoms with Crippen molar-refractivity contribution in [1.29, 1.82) is 0 Å². The van der Waals surface area contributed by atoms with Crippen molar-refractivity contribution in [1.82, 2.24) is 0 Å². The molecule has 0 amide bonds. The van der Waals surface area contributed by atoms with Gasteiger partial charge in [0.1, 0.15) is 0 Å². The summed E-state index contributed by atoms with van der Waals surface area (Å²) in [6.07, 6.45) is 16.5. The van der Waals surface area contributed by atoms with Crippen LogP contribution in [0, 0.1) is 13.5 Å². The third-order valence-electron chi connectivity index (χ3n) is 9.67. The monoisotopic (exact) mass is 663 g/mol. The van der Waals surface area contributed by atoms with Crippen LogP contribution in [0.1, 0.15) is 143 Å². The summed E-state index contributed by atoms with van der Waals surface area (Å²) in [6.45, 7) is 27.0. The number of ether oxygens (including phenoxy) is 2. The second kappa shape index (κ2) is 18.3. The fourth-order valence-electron chi connectivity index (χ4n) is 6.02. The molecule has 1 unspecified atom stereocenters. The van der Waals surface area contributed by atoms with Crippen molar-refractivity contribution in [3.05, 3.63) is 41.2 Å². The van der Waals surface area contributed by atoms with E-state index in [0.717, 1.165) is 24.8 Å². The predicted molar refractivity (Wildman–Crippen MR) is 190 cm³/mol. The maximum atomic E-state index is 13.6. The van der Waals surface area contributed by atoms with Crippen molar-refractivity contribution in [2.45, 2.75) is 197 Å². The predicted octanol–water partition coefficient (Wildman–Crippen LogP) is 10.8. The SMILES string of the molecule is [C-]#[N+]C(C[C@@H](C[C@H]1C[C@@H](CCCCCCCCCCCCC)OC(C)(C)O1)O[Si](C)(C)C(C)(C)C)S(=O)(=O)c1ccc(C)cc1. The zero-order chi connectivity index (χ0) is 33.7. The number of nitrogens with zero attached hydrogens (tertiary/aromatic N) is 1. The maximum absolute atomic E-state index is 13.6. The topological polar surface area (TPSA) is 66.2 Å². The highest BCUT2D eigenvalue weighted by Crippen LogP contribution is 2.40. The van der Waals surface area contributed by atoms with Gasteiger partial charge in [0.15, 0.2) is 14.1 Å². The van der Waals surface area contributed by atoms with Crippen LogP contribution in [-0.2, 0) is 23.7 Å². The molecule has 0 N–H and O–H groups in total. The number of unbranched alkanes of at least 4 members (excludes halogenated alkanes) is 10. The van der Waals surface area contributed by atoms with Crippen LogP contribution >= 0.6 is 0 Å². The van der Waals surface area contributed by atoms with Crippen LogP contribution in [0.25, 0.3) is 4.85 Å². The smallest absolute Gasteiger partial charge is 0.327 e. The van der Waals surface area contributed by atoms with Crippen LogP contribution in [0.4, 0.5) is 0 Å². The van der Waals surface area contributed by atoms with Gasteiger partial charge < -0.3 is 13.9 Å². The van der Waals surface area contributed by atoms with Gasteiger partial charge in [-0.2, -0.15) is 0 Å². The number of rotatable bonds is 20. The Morgan fingerprint density at radius 1 is 0.933 bits per heavy atom. The Hall–Kier alpha value is -1.24. The van der Waals surface area contributed by atoms with Crippen molar-refractivity contribution in [2.75, 3.05) is 0 Å². The molecule has 1 aliphatic rings. The Balaban J connectivity index is 2.04. The molecule has 8 heteroatoms. The second-order valence-electron chi connectivity index (χ2n) is 15.4. The minimum Gasteiger partial charge on any atom is -0.413 e. The van der Waals surface area contributed by atoms with Crippen LogP contribution in [-0.4, -0.2) is 46.2 Å². The van der Waals surface area contributed by atoms with E-state index >= 15 is 0 Å². The molecule has 0 bridgehead atoms. The Labute approximate surface area is 278 Å². The van der Waals surface area contributed by atoms with Crippen LogP contribution in [0.15, 0.2) is 29.2 Å². The number of aryl methyl sites for hydroxylation is 1. The zero-order valence-corrected chi connectivity index (χ0v) is 31.9. The first-order valence-corrected chi connectivity index (χ1v) is 22.2. The molecule has 0 aromatic heterocycles. The lowest BCUT2D eigenvalue weighted by molar-refractivity contribution is -0.303. The molecular formula is C37H65NO5SSi. The van der Waals surface area contributed by atoms with Crippen molar-refractivity contribution in [2.24, 2.45) is 0 Å². The lowest BCUT2D eigenvalue weighted by Crippen LogP contribution is -2.49. The Morgan fingerprint density at radius 2 is 1.44 bits per heavy atom. The van der Waals surface area contributed by atoms with Crippen LogP contribution in [0.3, 0.4) is 0 Å². The van der Waals surface area contributed by atoms with Crippen molar-refractivity contribution in [3.8, 4) is 0 Å². The highest BCUT2D eigenvalue weighted by Gasteiger charge is 2.44. The third kappa shape index (κ3) is 13.8. The maximum Gasteiger partial charge on any atom is 0.327 e. The Morgan fingerprint density at radius 3 is 1.96 bits per heavy atom. The fourth-order valence-corrected chi connectivity index (χ4v) is 8.83. The minimum atomic E-state index is -3.84. The van der Waals surface area contributed by atoms with Crippen LogP contribution in [0.5, 0.6) is 0 Å². The van der Waals surface area contributed by atoms with E-state index in [-0.39, 0.29) is 28.6 Å². The van der Waals surface area contributed by atoms with Crippen molar-refractivity contribution in [3.63, 3.8) is 0 Å². The largest absolute Gasteiger partial charge is 0.413 e. The molecule has 0 radical (unpaired) electrons. The standard InChI is InChI=1S/C37H65NO5SSi/c1-11-12-13-14-15-16-17-18-19-20-21-22-31-27-32(42-37(6,7)41-31)28-33(43-45(9,10)36(3,4)5)29-35(38-8)44(39,40)34-25-23-30(2)24-26-34/h23-26,31-33,35H,11-22,27-29H2,1-7,9-10H3/t31-,32-,33-,35?/m1/s1. The number of benzene rings is 1. The minimum absolute atomic E-state index is 0.0535. The molecule has 1 aromatic carbocycles. The molecule has 6 nitrogen and oxygen atoms in total. The molecule has 0 spiro atoms. The van der Waals surface area contributed by atoms with Crippen LogP contribution in [0.2, 0.25) is 18.1 Å². The van der Waals surface area contributed by atoms with Crippen molar-refractivity contribution >= 4 is 18.2 Å². The molecule has 1 heterocycles. The highest BCUT2D eigenvalue weighted by molar-refractivity contribution is 7.92. The first-order valence-electron chi connectivity index (χ1n) is 17.7. The van der Waals surface area contributed by atoms with Gasteiger partial charge in [-0.3, -0.25) is 4.85 Å². The molecule has 2 rings (SSSR count). The van der Waals surface area contributed by atoms with Crippen LogP contribution < -0.4 is 0 Å². The molecule has 258 valence electrons. The quantitative estimate of drug-likeness (QED) is 0.0789. The van der Waals surface area contributed by atoms with Gasteiger partial charge in [-0.15, -0.1) is 0 Å². The van der Waals surface area contributed by atoms with Gasteiger partial charge in [0.2, 0.25) is 0 Å². The average Bonchev–Trinajstić information content (AvgIpc) is 2.93. The summed E-state index contributed by atoms with van der Waals surface area (Å²) >= 11 is 0. The molecule has 4 atom stereocenters. The summed E-state index contributed by atoms with van der Waals surface area (Å²) in [7, 11) is -6.11. The number of hydrogen-bond acceptors (Lipinski definition) is 5. The molecule has 1 aromatic rings. The van der Waals surface area contributed by atoms with E-state index in [0.29, 0.717) is 6.42 Å². The molecule has 0 aliphatic carbocycles. The van der Waals surface area contributed by atoms with E-state index < -0.39 is 35.4 Å². The molecule has 1 saturated heterocycles. The third-order valence-corrected chi connectivity index (χ3v) is 16.1. The normalized spacial score (nSPS) is 20.4. The summed E-state index contributed by atoms with van der Waals surface area (Å²) in [6, 6.07) is 6.78. The Bertz CT molecular complexity index is 1140. The fraction of sp³-hybridized carbons (Fsp3) is 0.811. The van der Waals surface area contributed by atoms with E-state index in [1.807, 2.05) is 20.8 Å². The van der Waals surface area contributed by atoms with E-state index in [1.54, 1.807) is 24.3 Å². The average molecular weight is 664 g/mol. The summed E-state index contributed by atoms with van der Waals surface area (Å²) in [5.74, 6) is -0.722. The second-order valence-corrected chi connectivity index (χ2v) is 22.2. The van der Waals surface area contributed by atoms with E-state index in [9.17, 15) is 8.42 Å². The molecular weight excluding hydrogens is 599 g/mol. The lowest BCUT2D eigenvalue weighted by Gasteiger charge is -2.44.